The highest BCUT2D eigenvalue weighted by Gasteiger charge is 2.32. The lowest BCUT2D eigenvalue weighted by Gasteiger charge is -2.19. The average molecular weight is 301 g/mol. The molecule has 0 unspecified atom stereocenters. The average Bonchev–Trinajstić information content (AvgIpc) is 3.13. The molecule has 1 aromatic rings. The predicted molar refractivity (Wildman–Crippen MR) is 89.4 cm³/mol. The largest absolute Gasteiger partial charge is 0.330 e. The van der Waals surface area contributed by atoms with Gasteiger partial charge in [-0.05, 0) is 55.5 Å². The van der Waals surface area contributed by atoms with E-state index in [0.717, 1.165) is 51.0 Å². The molecule has 2 atom stereocenters. The molecule has 22 heavy (non-hydrogen) atoms. The maximum absolute atomic E-state index is 12.6. The standard InChI is InChI=1S/C18H27N3O/c1-2-9-21-11-14-6-4-8-17(16(14)12-21)20-18(22)15-7-3-5-13(15)10-19/h4,6,8,13,15H,2-3,5,7,9-12,19H2,1H3,(H,20,22)/t13-,15-/m1/s1. The Balaban J connectivity index is 1.72. The van der Waals surface area contributed by atoms with Crippen molar-refractivity contribution in [3.8, 4) is 0 Å². The summed E-state index contributed by atoms with van der Waals surface area (Å²) in [4.78, 5) is 15.1. The number of carbonyl (C=O) groups excluding carboxylic acids is 1. The van der Waals surface area contributed by atoms with Gasteiger partial charge in [0.05, 0.1) is 0 Å². The summed E-state index contributed by atoms with van der Waals surface area (Å²) in [5.74, 6) is 0.609. The number of hydrogen-bond donors (Lipinski definition) is 2. The van der Waals surface area contributed by atoms with E-state index in [4.69, 9.17) is 5.73 Å². The second-order valence-corrected chi connectivity index (χ2v) is 6.68. The van der Waals surface area contributed by atoms with Gasteiger partial charge < -0.3 is 11.1 Å². The van der Waals surface area contributed by atoms with Gasteiger partial charge in [-0.2, -0.15) is 0 Å². The molecule has 1 saturated carbocycles. The Hall–Kier alpha value is -1.39. The lowest BCUT2D eigenvalue weighted by Crippen LogP contribution is -2.30. The third kappa shape index (κ3) is 3.03. The Kier molecular flexibility index (Phi) is 4.79. The summed E-state index contributed by atoms with van der Waals surface area (Å²) in [5.41, 5.74) is 9.47. The van der Waals surface area contributed by atoms with Crippen LogP contribution in [0.3, 0.4) is 0 Å². The Morgan fingerprint density at radius 2 is 2.23 bits per heavy atom. The molecular weight excluding hydrogens is 274 g/mol. The van der Waals surface area contributed by atoms with Gasteiger partial charge in [-0.3, -0.25) is 9.69 Å². The third-order valence-corrected chi connectivity index (χ3v) is 5.15. The van der Waals surface area contributed by atoms with Crippen LogP contribution in [0.15, 0.2) is 18.2 Å². The molecule has 2 aliphatic rings. The maximum Gasteiger partial charge on any atom is 0.227 e. The van der Waals surface area contributed by atoms with E-state index in [1.165, 1.54) is 11.1 Å². The van der Waals surface area contributed by atoms with E-state index in [1.54, 1.807) is 0 Å². The smallest absolute Gasteiger partial charge is 0.227 e. The van der Waals surface area contributed by atoms with Crippen LogP contribution in [-0.4, -0.2) is 23.9 Å². The number of nitrogens with two attached hydrogens (primary N) is 1. The van der Waals surface area contributed by atoms with Gasteiger partial charge in [0.25, 0.3) is 0 Å². The van der Waals surface area contributed by atoms with Crippen LogP contribution < -0.4 is 11.1 Å². The Labute approximate surface area is 133 Å². The second-order valence-electron chi connectivity index (χ2n) is 6.68. The molecule has 1 aromatic carbocycles. The molecule has 0 spiro atoms. The van der Waals surface area contributed by atoms with Crippen molar-refractivity contribution in [2.45, 2.75) is 45.7 Å². The van der Waals surface area contributed by atoms with E-state index in [0.29, 0.717) is 12.5 Å². The van der Waals surface area contributed by atoms with Gasteiger partial charge in [0.15, 0.2) is 0 Å². The number of anilines is 1. The van der Waals surface area contributed by atoms with Crippen molar-refractivity contribution in [3.63, 3.8) is 0 Å². The zero-order valence-corrected chi connectivity index (χ0v) is 13.5. The highest BCUT2D eigenvalue weighted by Crippen LogP contribution is 2.34. The number of carbonyl (C=O) groups is 1. The number of hydrogen-bond acceptors (Lipinski definition) is 3. The summed E-state index contributed by atoms with van der Waals surface area (Å²) >= 11 is 0. The van der Waals surface area contributed by atoms with Gasteiger partial charge >= 0.3 is 0 Å². The van der Waals surface area contributed by atoms with Crippen molar-refractivity contribution in [1.82, 2.24) is 4.90 Å². The van der Waals surface area contributed by atoms with Crippen LogP contribution in [0.1, 0.15) is 43.7 Å². The topological polar surface area (TPSA) is 58.4 Å². The van der Waals surface area contributed by atoms with Crippen molar-refractivity contribution in [2.24, 2.45) is 17.6 Å². The molecule has 1 aliphatic carbocycles. The fourth-order valence-corrected chi connectivity index (χ4v) is 3.97. The Bertz CT molecular complexity index is 543. The lowest BCUT2D eigenvalue weighted by atomic mass is 9.95. The van der Waals surface area contributed by atoms with Crippen LogP contribution in [-0.2, 0) is 17.9 Å². The zero-order chi connectivity index (χ0) is 15.5. The molecule has 4 heteroatoms. The SMILES string of the molecule is CCCN1Cc2cccc(NC(=O)[C@@H]3CCC[C@@H]3CN)c2C1. The number of fused-ring (bicyclic) bond motifs is 1. The van der Waals surface area contributed by atoms with E-state index in [-0.39, 0.29) is 11.8 Å². The summed E-state index contributed by atoms with van der Waals surface area (Å²) in [6.07, 6.45) is 4.35. The lowest BCUT2D eigenvalue weighted by molar-refractivity contribution is -0.120. The first-order valence-corrected chi connectivity index (χ1v) is 8.57. The van der Waals surface area contributed by atoms with Crippen molar-refractivity contribution < 1.29 is 4.79 Å². The summed E-state index contributed by atoms with van der Waals surface area (Å²) in [6.45, 7) is 5.89. The molecule has 1 amide bonds. The zero-order valence-electron chi connectivity index (χ0n) is 13.5. The van der Waals surface area contributed by atoms with Crippen molar-refractivity contribution in [2.75, 3.05) is 18.4 Å². The van der Waals surface area contributed by atoms with E-state index >= 15 is 0 Å². The number of nitrogens with zero attached hydrogens (tertiary/aromatic N) is 1. The van der Waals surface area contributed by atoms with E-state index in [9.17, 15) is 4.79 Å². The first kappa shape index (κ1) is 15.5. The number of amides is 1. The van der Waals surface area contributed by atoms with Crippen LogP contribution >= 0.6 is 0 Å². The first-order valence-electron chi connectivity index (χ1n) is 8.57. The van der Waals surface area contributed by atoms with Crippen LogP contribution in [0, 0.1) is 11.8 Å². The molecule has 1 fully saturated rings. The van der Waals surface area contributed by atoms with Crippen LogP contribution in [0.4, 0.5) is 5.69 Å². The molecule has 3 N–H and O–H groups in total. The van der Waals surface area contributed by atoms with Gasteiger partial charge in [-0.25, -0.2) is 0 Å². The van der Waals surface area contributed by atoms with Gasteiger partial charge in [-0.15, -0.1) is 0 Å². The number of nitrogens with one attached hydrogen (secondary N) is 1. The summed E-state index contributed by atoms with van der Waals surface area (Å²) < 4.78 is 0. The molecule has 1 aliphatic heterocycles. The Morgan fingerprint density at radius 1 is 1.36 bits per heavy atom. The van der Waals surface area contributed by atoms with E-state index < -0.39 is 0 Å². The fourth-order valence-electron chi connectivity index (χ4n) is 3.97. The van der Waals surface area contributed by atoms with Crippen LogP contribution in [0.25, 0.3) is 0 Å². The minimum Gasteiger partial charge on any atom is -0.330 e. The molecule has 0 bridgehead atoms. The number of benzene rings is 1. The summed E-state index contributed by atoms with van der Waals surface area (Å²) in [7, 11) is 0. The fraction of sp³-hybridized carbons (Fsp3) is 0.611. The van der Waals surface area contributed by atoms with Crippen LogP contribution in [0.5, 0.6) is 0 Å². The summed E-state index contributed by atoms with van der Waals surface area (Å²) in [6, 6.07) is 6.27. The summed E-state index contributed by atoms with van der Waals surface area (Å²) in [5, 5.41) is 3.19. The molecular formula is C18H27N3O. The van der Waals surface area contributed by atoms with Crippen molar-refractivity contribution in [3.05, 3.63) is 29.3 Å². The van der Waals surface area contributed by atoms with E-state index in [2.05, 4.69) is 29.3 Å². The quantitative estimate of drug-likeness (QED) is 0.879. The molecule has 4 nitrogen and oxygen atoms in total. The predicted octanol–water partition coefficient (Wildman–Crippen LogP) is 2.73. The van der Waals surface area contributed by atoms with Crippen molar-refractivity contribution in [1.29, 1.82) is 0 Å². The highest BCUT2D eigenvalue weighted by atomic mass is 16.1. The van der Waals surface area contributed by atoms with Gasteiger partial charge in [-0.1, -0.05) is 25.5 Å². The van der Waals surface area contributed by atoms with Gasteiger partial charge in [0.1, 0.15) is 0 Å². The molecule has 3 rings (SSSR count). The molecule has 1 heterocycles. The highest BCUT2D eigenvalue weighted by molar-refractivity contribution is 5.94. The minimum absolute atomic E-state index is 0.0917. The first-order chi connectivity index (χ1) is 10.7. The monoisotopic (exact) mass is 301 g/mol. The maximum atomic E-state index is 12.6. The molecule has 0 aromatic heterocycles. The minimum atomic E-state index is 0.0917. The molecule has 120 valence electrons. The van der Waals surface area contributed by atoms with Crippen LogP contribution in [0.2, 0.25) is 0 Å². The third-order valence-electron chi connectivity index (χ3n) is 5.15. The normalized spacial score (nSPS) is 24.5. The van der Waals surface area contributed by atoms with Gasteiger partial charge in [0.2, 0.25) is 5.91 Å². The van der Waals surface area contributed by atoms with Crippen molar-refractivity contribution >= 4 is 11.6 Å². The Morgan fingerprint density at radius 3 is 3.00 bits per heavy atom. The number of rotatable bonds is 5. The second kappa shape index (κ2) is 6.80. The molecule has 0 saturated heterocycles. The molecule has 0 radical (unpaired) electrons. The van der Waals surface area contributed by atoms with Gasteiger partial charge in [0, 0.05) is 24.7 Å². The van der Waals surface area contributed by atoms with E-state index in [1.807, 2.05) is 6.07 Å².